The first-order valence-electron chi connectivity index (χ1n) is 9.76. The number of hydrogen-bond donors (Lipinski definition) is 1. The van der Waals surface area contributed by atoms with E-state index in [-0.39, 0.29) is 0 Å². The van der Waals surface area contributed by atoms with Gasteiger partial charge in [-0.2, -0.15) is 0 Å². The predicted octanol–water partition coefficient (Wildman–Crippen LogP) is 4.51. The molecule has 2 aromatic heterocycles. The van der Waals surface area contributed by atoms with E-state index in [4.69, 9.17) is 5.73 Å². The number of halogens is 1. The molecule has 2 aromatic carbocycles. The lowest BCUT2D eigenvalue weighted by Crippen LogP contribution is -2.45. The normalized spacial score (nSPS) is 16.0. The number of thiophene rings is 1. The van der Waals surface area contributed by atoms with Gasteiger partial charge in [0.1, 0.15) is 12.1 Å². The summed E-state index contributed by atoms with van der Waals surface area (Å²) in [6.45, 7) is 6.35. The molecule has 0 amide bonds. The lowest BCUT2D eigenvalue weighted by atomic mass is 10.1. The quantitative estimate of drug-likeness (QED) is 0.478. The minimum Gasteiger partial charge on any atom is -0.383 e. The van der Waals surface area contributed by atoms with Gasteiger partial charge < -0.3 is 5.73 Å². The molecule has 1 aliphatic heterocycles. The molecule has 5 nitrogen and oxygen atoms in total. The van der Waals surface area contributed by atoms with Crippen LogP contribution in [0, 0.1) is 0 Å². The molecular weight excluding hydrogens is 446 g/mol. The molecule has 0 aliphatic carbocycles. The van der Waals surface area contributed by atoms with Crippen LogP contribution in [-0.4, -0.2) is 45.9 Å². The van der Waals surface area contributed by atoms with Crippen molar-refractivity contribution in [2.24, 2.45) is 0 Å². The standard InChI is InChI=1S/C22H22BrN5S/c23-17-3-2-16-10-18(29-21(16)11-17)13-28-7-5-27(6-8-28)12-15-1-4-19-20(9-15)25-14-26-22(19)24/h1-4,9-11,14H,5-8,12-13H2,(H2,24,25,26). The summed E-state index contributed by atoms with van der Waals surface area (Å²) in [7, 11) is 0. The Labute approximate surface area is 182 Å². The van der Waals surface area contributed by atoms with Crippen LogP contribution in [0.1, 0.15) is 10.4 Å². The second-order valence-electron chi connectivity index (χ2n) is 7.56. The number of anilines is 1. The number of fused-ring (bicyclic) bond motifs is 2. The third kappa shape index (κ3) is 4.14. The van der Waals surface area contributed by atoms with Crippen molar-refractivity contribution >= 4 is 54.1 Å². The fraction of sp³-hybridized carbons (Fsp3) is 0.273. The lowest BCUT2D eigenvalue weighted by Gasteiger charge is -2.34. The molecule has 1 aliphatic rings. The smallest absolute Gasteiger partial charge is 0.134 e. The number of nitrogens with zero attached hydrogens (tertiary/aromatic N) is 4. The van der Waals surface area contributed by atoms with Crippen LogP contribution in [0.2, 0.25) is 0 Å². The molecule has 0 spiro atoms. The molecule has 1 fully saturated rings. The molecule has 4 aromatic rings. The Morgan fingerprint density at radius 2 is 1.72 bits per heavy atom. The van der Waals surface area contributed by atoms with Gasteiger partial charge in [0.15, 0.2) is 0 Å². The zero-order valence-electron chi connectivity index (χ0n) is 16.0. The number of benzene rings is 2. The van der Waals surface area contributed by atoms with Gasteiger partial charge in [0.05, 0.1) is 5.52 Å². The summed E-state index contributed by atoms with van der Waals surface area (Å²) in [6.07, 6.45) is 1.53. The Balaban J connectivity index is 1.20. The molecule has 0 saturated carbocycles. The minimum atomic E-state index is 0.545. The van der Waals surface area contributed by atoms with Crippen LogP contribution in [0.4, 0.5) is 5.82 Å². The van der Waals surface area contributed by atoms with Crippen molar-refractivity contribution in [2.45, 2.75) is 13.1 Å². The Kier molecular flexibility index (Phi) is 5.22. The topological polar surface area (TPSA) is 58.3 Å². The number of hydrogen-bond acceptors (Lipinski definition) is 6. The summed E-state index contributed by atoms with van der Waals surface area (Å²) in [5.74, 6) is 0.545. The maximum absolute atomic E-state index is 5.93. The van der Waals surface area contributed by atoms with Crippen LogP contribution in [0.5, 0.6) is 0 Å². The van der Waals surface area contributed by atoms with Gasteiger partial charge in [-0.25, -0.2) is 9.97 Å². The largest absolute Gasteiger partial charge is 0.383 e. The van der Waals surface area contributed by atoms with Crippen molar-refractivity contribution in [1.29, 1.82) is 0 Å². The van der Waals surface area contributed by atoms with E-state index in [1.807, 2.05) is 17.4 Å². The molecule has 0 bridgehead atoms. The second-order valence-corrected chi connectivity index (χ2v) is 9.64. The van der Waals surface area contributed by atoms with Crippen LogP contribution in [0.25, 0.3) is 21.0 Å². The van der Waals surface area contributed by atoms with Gasteiger partial charge in [0.25, 0.3) is 0 Å². The molecule has 7 heteroatoms. The number of nitrogens with two attached hydrogens (primary N) is 1. The zero-order chi connectivity index (χ0) is 19.8. The molecule has 0 radical (unpaired) electrons. The van der Waals surface area contributed by atoms with Gasteiger partial charge in [-0.15, -0.1) is 11.3 Å². The van der Waals surface area contributed by atoms with Crippen molar-refractivity contribution in [1.82, 2.24) is 19.8 Å². The minimum absolute atomic E-state index is 0.545. The monoisotopic (exact) mass is 467 g/mol. The van der Waals surface area contributed by atoms with Crippen LogP contribution < -0.4 is 5.73 Å². The van der Waals surface area contributed by atoms with Gasteiger partial charge in [0.2, 0.25) is 0 Å². The maximum atomic E-state index is 5.93. The summed E-state index contributed by atoms with van der Waals surface area (Å²) in [4.78, 5) is 14.9. The molecule has 29 heavy (non-hydrogen) atoms. The fourth-order valence-electron chi connectivity index (χ4n) is 3.94. The first-order chi connectivity index (χ1) is 14.1. The number of rotatable bonds is 4. The van der Waals surface area contributed by atoms with E-state index in [1.165, 1.54) is 26.9 Å². The SMILES string of the molecule is Nc1ncnc2cc(CN3CCN(Cc4cc5ccc(Br)cc5s4)CC3)ccc12. The van der Waals surface area contributed by atoms with Crippen molar-refractivity contribution in [3.63, 3.8) is 0 Å². The molecule has 2 N–H and O–H groups in total. The van der Waals surface area contributed by atoms with Crippen LogP contribution >= 0.6 is 27.3 Å². The number of piperazine rings is 1. The van der Waals surface area contributed by atoms with Crippen LogP contribution in [0.3, 0.4) is 0 Å². The first-order valence-corrected chi connectivity index (χ1v) is 11.4. The van der Waals surface area contributed by atoms with Crippen LogP contribution in [0.15, 0.2) is 53.3 Å². The van der Waals surface area contributed by atoms with E-state index in [0.29, 0.717) is 5.82 Å². The van der Waals surface area contributed by atoms with Gasteiger partial charge in [-0.3, -0.25) is 9.80 Å². The zero-order valence-corrected chi connectivity index (χ0v) is 18.4. The lowest BCUT2D eigenvalue weighted by molar-refractivity contribution is 0.123. The molecule has 1 saturated heterocycles. The van der Waals surface area contributed by atoms with Gasteiger partial charge in [-0.05, 0) is 41.3 Å². The average Bonchev–Trinajstić information content (AvgIpc) is 3.11. The van der Waals surface area contributed by atoms with Gasteiger partial charge >= 0.3 is 0 Å². The highest BCUT2D eigenvalue weighted by atomic mass is 79.9. The molecule has 5 rings (SSSR count). The van der Waals surface area contributed by atoms with Gasteiger partial charge in [-0.1, -0.05) is 28.1 Å². The highest BCUT2D eigenvalue weighted by molar-refractivity contribution is 9.10. The maximum Gasteiger partial charge on any atom is 0.134 e. The van der Waals surface area contributed by atoms with Crippen molar-refractivity contribution in [3.05, 3.63) is 63.7 Å². The van der Waals surface area contributed by atoms with E-state index in [9.17, 15) is 0 Å². The Morgan fingerprint density at radius 1 is 0.931 bits per heavy atom. The van der Waals surface area contributed by atoms with Crippen molar-refractivity contribution < 1.29 is 0 Å². The third-order valence-corrected chi connectivity index (χ3v) is 7.09. The highest BCUT2D eigenvalue weighted by Gasteiger charge is 2.18. The third-order valence-electron chi connectivity index (χ3n) is 5.52. The van der Waals surface area contributed by atoms with Gasteiger partial charge in [0, 0.05) is 58.7 Å². The molecule has 3 heterocycles. The fourth-order valence-corrected chi connectivity index (χ4v) is 5.60. The van der Waals surface area contributed by atoms with E-state index in [2.05, 4.69) is 72.1 Å². The second kappa shape index (κ2) is 7.99. The van der Waals surface area contributed by atoms with E-state index < -0.39 is 0 Å². The van der Waals surface area contributed by atoms with E-state index >= 15 is 0 Å². The summed E-state index contributed by atoms with van der Waals surface area (Å²) in [5.41, 5.74) is 8.13. The number of nitrogen functional groups attached to an aromatic ring is 1. The molecular formula is C22H22BrN5S. The van der Waals surface area contributed by atoms with Crippen LogP contribution in [-0.2, 0) is 13.1 Å². The summed E-state index contributed by atoms with van der Waals surface area (Å²) >= 11 is 5.47. The average molecular weight is 468 g/mol. The summed E-state index contributed by atoms with van der Waals surface area (Å²) in [6, 6.07) is 15.2. The summed E-state index contributed by atoms with van der Waals surface area (Å²) < 4.78 is 2.50. The molecule has 0 atom stereocenters. The molecule has 0 unspecified atom stereocenters. The van der Waals surface area contributed by atoms with E-state index in [1.54, 1.807) is 0 Å². The van der Waals surface area contributed by atoms with Crippen molar-refractivity contribution in [3.8, 4) is 0 Å². The summed E-state index contributed by atoms with van der Waals surface area (Å²) in [5, 5.41) is 2.27. The highest BCUT2D eigenvalue weighted by Crippen LogP contribution is 2.29. The Hall–Kier alpha value is -2.06. The Bertz CT molecular complexity index is 1170. The van der Waals surface area contributed by atoms with E-state index in [0.717, 1.165) is 54.6 Å². The first kappa shape index (κ1) is 18.9. The number of aromatic nitrogens is 2. The molecule has 148 valence electrons. The predicted molar refractivity (Wildman–Crippen MR) is 124 cm³/mol. The Morgan fingerprint density at radius 3 is 2.55 bits per heavy atom. The van der Waals surface area contributed by atoms with Crippen molar-refractivity contribution in [2.75, 3.05) is 31.9 Å².